The standard InChI is InChI=1S/C18H26FN3O2/c1-2-15-3-4-16(11-17(15)19)20-18(23)22-6-5-14(13-22)12-21-7-9-24-10-8-21/h3-4,11,14H,2,5-10,12-13H2,1H3,(H,20,23)/t14-/m1/s1. The lowest BCUT2D eigenvalue weighted by molar-refractivity contribution is 0.0314. The van der Waals surface area contributed by atoms with Crippen molar-refractivity contribution in [3.63, 3.8) is 0 Å². The van der Waals surface area contributed by atoms with Crippen molar-refractivity contribution in [1.82, 2.24) is 9.80 Å². The molecular weight excluding hydrogens is 309 g/mol. The molecule has 24 heavy (non-hydrogen) atoms. The fourth-order valence-corrected chi connectivity index (χ4v) is 3.43. The molecule has 2 saturated heterocycles. The quantitative estimate of drug-likeness (QED) is 0.920. The van der Waals surface area contributed by atoms with E-state index in [0.29, 0.717) is 23.6 Å². The van der Waals surface area contributed by atoms with E-state index >= 15 is 0 Å². The maximum absolute atomic E-state index is 13.8. The second-order valence-electron chi connectivity index (χ2n) is 6.60. The van der Waals surface area contributed by atoms with Gasteiger partial charge >= 0.3 is 6.03 Å². The van der Waals surface area contributed by atoms with Crippen LogP contribution in [0.2, 0.25) is 0 Å². The molecule has 1 aromatic carbocycles. The van der Waals surface area contributed by atoms with Crippen molar-refractivity contribution >= 4 is 11.7 Å². The predicted molar refractivity (Wildman–Crippen MR) is 91.7 cm³/mol. The number of nitrogens with one attached hydrogen (secondary N) is 1. The molecular formula is C18H26FN3O2. The third-order valence-electron chi connectivity index (χ3n) is 4.88. The summed E-state index contributed by atoms with van der Waals surface area (Å²) in [6.45, 7) is 8.02. The second-order valence-corrected chi connectivity index (χ2v) is 6.60. The van der Waals surface area contributed by atoms with Gasteiger partial charge in [-0.3, -0.25) is 4.90 Å². The van der Waals surface area contributed by atoms with Gasteiger partial charge in [-0.1, -0.05) is 13.0 Å². The number of carbonyl (C=O) groups excluding carboxylic acids is 1. The lowest BCUT2D eigenvalue weighted by Gasteiger charge is -2.29. The van der Waals surface area contributed by atoms with Crippen molar-refractivity contribution in [2.45, 2.75) is 19.8 Å². The van der Waals surface area contributed by atoms with Crippen molar-refractivity contribution in [1.29, 1.82) is 0 Å². The molecule has 1 N–H and O–H groups in total. The summed E-state index contributed by atoms with van der Waals surface area (Å²) in [7, 11) is 0. The van der Waals surface area contributed by atoms with Crippen LogP contribution in [0, 0.1) is 11.7 Å². The van der Waals surface area contributed by atoms with Crippen LogP contribution in [0.15, 0.2) is 18.2 Å². The average Bonchev–Trinajstić information content (AvgIpc) is 3.04. The molecule has 2 aliphatic rings. The number of nitrogens with zero attached hydrogens (tertiary/aromatic N) is 2. The van der Waals surface area contributed by atoms with Gasteiger partial charge in [0.2, 0.25) is 0 Å². The van der Waals surface area contributed by atoms with Crippen molar-refractivity contribution in [2.75, 3.05) is 51.3 Å². The molecule has 3 rings (SSSR count). The molecule has 0 saturated carbocycles. The van der Waals surface area contributed by atoms with Gasteiger partial charge in [-0.15, -0.1) is 0 Å². The van der Waals surface area contributed by atoms with E-state index in [4.69, 9.17) is 4.74 Å². The number of ether oxygens (including phenoxy) is 1. The van der Waals surface area contributed by atoms with Gasteiger partial charge in [-0.05, 0) is 36.5 Å². The molecule has 0 unspecified atom stereocenters. The third kappa shape index (κ3) is 4.24. The number of aryl methyl sites for hydroxylation is 1. The van der Waals surface area contributed by atoms with Gasteiger partial charge in [0, 0.05) is 38.4 Å². The molecule has 1 atom stereocenters. The molecule has 2 heterocycles. The molecule has 2 aliphatic heterocycles. The molecule has 0 aliphatic carbocycles. The Bertz CT molecular complexity index is 575. The largest absolute Gasteiger partial charge is 0.379 e. The van der Waals surface area contributed by atoms with Crippen LogP contribution in [-0.4, -0.2) is 61.8 Å². The van der Waals surface area contributed by atoms with Crippen molar-refractivity contribution in [3.8, 4) is 0 Å². The maximum Gasteiger partial charge on any atom is 0.321 e. The lowest BCUT2D eigenvalue weighted by Crippen LogP contribution is -2.40. The first-order valence-corrected chi connectivity index (χ1v) is 8.80. The number of urea groups is 1. The van der Waals surface area contributed by atoms with Gasteiger partial charge in [0.1, 0.15) is 5.82 Å². The Morgan fingerprint density at radius 2 is 2.12 bits per heavy atom. The zero-order chi connectivity index (χ0) is 16.9. The average molecular weight is 335 g/mol. The van der Waals surface area contributed by atoms with Gasteiger partial charge in [-0.2, -0.15) is 0 Å². The first-order valence-electron chi connectivity index (χ1n) is 8.80. The number of rotatable bonds is 4. The molecule has 1 aromatic rings. The smallest absolute Gasteiger partial charge is 0.321 e. The summed E-state index contributed by atoms with van der Waals surface area (Å²) in [5, 5.41) is 2.81. The topological polar surface area (TPSA) is 44.8 Å². The van der Waals surface area contributed by atoms with Crippen LogP contribution in [0.4, 0.5) is 14.9 Å². The Labute approximate surface area is 142 Å². The minimum Gasteiger partial charge on any atom is -0.379 e. The normalized spacial score (nSPS) is 21.9. The highest BCUT2D eigenvalue weighted by Crippen LogP contribution is 2.20. The summed E-state index contributed by atoms with van der Waals surface area (Å²) in [5.74, 6) is 0.245. The number of halogens is 1. The molecule has 0 bridgehead atoms. The Morgan fingerprint density at radius 3 is 2.83 bits per heavy atom. The molecule has 0 aromatic heterocycles. The lowest BCUT2D eigenvalue weighted by atomic mass is 10.1. The van der Waals surface area contributed by atoms with Gasteiger partial charge < -0.3 is 15.0 Å². The van der Waals surface area contributed by atoms with Gasteiger partial charge in [0.05, 0.1) is 13.2 Å². The summed E-state index contributed by atoms with van der Waals surface area (Å²) in [4.78, 5) is 16.6. The summed E-state index contributed by atoms with van der Waals surface area (Å²) < 4.78 is 19.2. The highest BCUT2D eigenvalue weighted by atomic mass is 19.1. The van der Waals surface area contributed by atoms with Crippen LogP contribution in [0.5, 0.6) is 0 Å². The molecule has 0 radical (unpaired) electrons. The minimum atomic E-state index is -0.262. The Balaban J connectivity index is 1.50. The summed E-state index contributed by atoms with van der Waals surface area (Å²) in [6, 6.07) is 4.76. The van der Waals surface area contributed by atoms with Crippen molar-refractivity contribution in [3.05, 3.63) is 29.6 Å². The zero-order valence-electron chi connectivity index (χ0n) is 14.3. The molecule has 6 heteroatoms. The number of morpholine rings is 1. The maximum atomic E-state index is 13.8. The number of likely N-dealkylation sites (tertiary alicyclic amines) is 1. The van der Waals surface area contributed by atoms with E-state index in [1.54, 1.807) is 12.1 Å². The van der Waals surface area contributed by atoms with Crippen LogP contribution in [0.3, 0.4) is 0 Å². The van der Waals surface area contributed by atoms with Crippen LogP contribution in [0.1, 0.15) is 18.9 Å². The Hall–Kier alpha value is -1.66. The van der Waals surface area contributed by atoms with E-state index in [1.165, 1.54) is 6.07 Å². The van der Waals surface area contributed by atoms with Crippen molar-refractivity contribution < 1.29 is 13.9 Å². The third-order valence-corrected chi connectivity index (χ3v) is 4.88. The minimum absolute atomic E-state index is 0.136. The Morgan fingerprint density at radius 1 is 1.33 bits per heavy atom. The number of hydrogen-bond acceptors (Lipinski definition) is 3. The number of benzene rings is 1. The van der Waals surface area contributed by atoms with Crippen LogP contribution in [-0.2, 0) is 11.2 Å². The highest BCUT2D eigenvalue weighted by molar-refractivity contribution is 5.89. The van der Waals surface area contributed by atoms with E-state index in [9.17, 15) is 9.18 Å². The first kappa shape index (κ1) is 17.2. The van der Waals surface area contributed by atoms with E-state index in [2.05, 4.69) is 10.2 Å². The van der Waals surface area contributed by atoms with Gasteiger partial charge in [0.25, 0.3) is 0 Å². The van der Waals surface area contributed by atoms with Crippen LogP contribution >= 0.6 is 0 Å². The first-order chi connectivity index (χ1) is 11.7. The fraction of sp³-hybridized carbons (Fsp3) is 0.611. The SMILES string of the molecule is CCc1ccc(NC(=O)N2CC[C@H](CN3CCOCC3)C2)cc1F. The number of carbonyl (C=O) groups is 1. The van der Waals surface area contributed by atoms with E-state index < -0.39 is 0 Å². The zero-order valence-corrected chi connectivity index (χ0v) is 14.3. The van der Waals surface area contributed by atoms with E-state index in [1.807, 2.05) is 11.8 Å². The monoisotopic (exact) mass is 335 g/mol. The van der Waals surface area contributed by atoms with Gasteiger partial charge in [-0.25, -0.2) is 9.18 Å². The van der Waals surface area contributed by atoms with Crippen molar-refractivity contribution in [2.24, 2.45) is 5.92 Å². The van der Waals surface area contributed by atoms with Gasteiger partial charge in [0.15, 0.2) is 0 Å². The molecule has 0 spiro atoms. The highest BCUT2D eigenvalue weighted by Gasteiger charge is 2.28. The molecule has 5 nitrogen and oxygen atoms in total. The summed E-state index contributed by atoms with van der Waals surface area (Å²) in [6.07, 6.45) is 1.67. The molecule has 132 valence electrons. The summed E-state index contributed by atoms with van der Waals surface area (Å²) >= 11 is 0. The summed E-state index contributed by atoms with van der Waals surface area (Å²) in [5.41, 5.74) is 1.19. The Kier molecular flexibility index (Phi) is 5.68. The second kappa shape index (κ2) is 7.94. The van der Waals surface area contributed by atoms with E-state index in [-0.39, 0.29) is 11.8 Å². The predicted octanol–water partition coefficient (Wildman–Crippen LogP) is 2.57. The fourth-order valence-electron chi connectivity index (χ4n) is 3.43. The van der Waals surface area contributed by atoms with Crippen LogP contribution < -0.4 is 5.32 Å². The number of hydrogen-bond donors (Lipinski definition) is 1. The number of amides is 2. The number of anilines is 1. The van der Waals surface area contributed by atoms with Crippen LogP contribution in [0.25, 0.3) is 0 Å². The molecule has 2 amide bonds. The molecule has 2 fully saturated rings. The van der Waals surface area contributed by atoms with E-state index in [0.717, 1.165) is 52.4 Å².